The lowest BCUT2D eigenvalue weighted by Crippen LogP contribution is -2.39. The third-order valence-corrected chi connectivity index (χ3v) is 8.08. The van der Waals surface area contributed by atoms with E-state index in [-0.39, 0.29) is 0 Å². The minimum atomic E-state index is -4.39. The number of halogens is 2. The van der Waals surface area contributed by atoms with Gasteiger partial charge in [-0.15, -0.1) is 0 Å². The molecule has 2 aromatic carbocycles. The minimum absolute atomic E-state index is 0.388. The monoisotopic (exact) mass is 539 g/mol. The van der Waals surface area contributed by atoms with Crippen molar-refractivity contribution >= 4 is 88.5 Å². The lowest BCUT2D eigenvalue weighted by Gasteiger charge is -2.18. The van der Waals surface area contributed by atoms with Crippen LogP contribution in [-0.4, -0.2) is 31.8 Å². The van der Waals surface area contributed by atoms with Gasteiger partial charge in [0.2, 0.25) is 5.52 Å². The Labute approximate surface area is 196 Å². The zero-order chi connectivity index (χ0) is 22.6. The van der Waals surface area contributed by atoms with Crippen molar-refractivity contribution < 1.29 is 30.5 Å². The maximum Gasteiger partial charge on any atom is 0.326 e. The highest BCUT2D eigenvalue weighted by Crippen LogP contribution is 2.48. The number of hydrogen-bond donors (Lipinski definition) is 2. The fraction of sp³-hybridized carbons (Fsp3) is 0.118. The molecule has 0 fully saturated rings. The summed E-state index contributed by atoms with van der Waals surface area (Å²) < 4.78 is 67.5. The zero-order valence-corrected chi connectivity index (χ0v) is 20.0. The molecule has 1 aromatic heterocycles. The lowest BCUT2D eigenvalue weighted by atomic mass is 10.3. The third kappa shape index (κ3) is 5.17. The van der Waals surface area contributed by atoms with Crippen LogP contribution in [0.1, 0.15) is 5.01 Å². The molecule has 3 aromatic rings. The zero-order valence-electron chi connectivity index (χ0n) is 15.3. The molecular weight excluding hydrogens is 527 g/mol. The minimum Gasteiger partial charge on any atom is -0.317 e. The second kappa shape index (κ2) is 8.19. The summed E-state index contributed by atoms with van der Waals surface area (Å²) in [5.41, 5.74) is 0.985. The Morgan fingerprint density at radius 1 is 1.00 bits per heavy atom. The van der Waals surface area contributed by atoms with E-state index in [9.17, 15) is 25.9 Å². The van der Waals surface area contributed by atoms with E-state index in [1.807, 2.05) is 0 Å². The van der Waals surface area contributed by atoms with E-state index in [4.69, 9.17) is 23.2 Å². The Bertz CT molecular complexity index is 1450. The largest absolute Gasteiger partial charge is 0.326 e. The quantitative estimate of drug-likeness (QED) is 0.367. The topological polar surface area (TPSA) is 116 Å². The molecule has 8 nitrogen and oxygen atoms in total. The molecule has 2 N–H and O–H groups in total. The molecule has 1 aliphatic heterocycles. The van der Waals surface area contributed by atoms with Crippen molar-refractivity contribution in [3.8, 4) is 0 Å². The summed E-state index contributed by atoms with van der Waals surface area (Å²) in [5, 5.41) is 1.63. The molecule has 4 rings (SSSR count). The first-order valence-electron chi connectivity index (χ1n) is 8.38. The van der Waals surface area contributed by atoms with Gasteiger partial charge in [-0.2, -0.15) is 21.4 Å². The molecule has 0 amide bonds. The SMILES string of the molecule is O=S(=O)(O)CN1C(=Cc2sc3ccc(Cl)cc3[n+]2CS(=O)(=O)O)Sc2ccc(Cl)cc21. The summed E-state index contributed by atoms with van der Waals surface area (Å²) in [4.78, 5) is 2.08. The predicted molar refractivity (Wildman–Crippen MR) is 123 cm³/mol. The Balaban J connectivity index is 1.89. The molecule has 0 spiro atoms. The van der Waals surface area contributed by atoms with Crippen molar-refractivity contribution in [2.24, 2.45) is 0 Å². The van der Waals surface area contributed by atoms with Crippen LogP contribution in [-0.2, 0) is 26.1 Å². The summed E-state index contributed by atoms with van der Waals surface area (Å²) in [6.45, 7) is 0. The molecule has 0 unspecified atom stereocenters. The molecule has 31 heavy (non-hydrogen) atoms. The average molecular weight is 540 g/mol. The van der Waals surface area contributed by atoms with E-state index in [1.165, 1.54) is 32.6 Å². The van der Waals surface area contributed by atoms with E-state index in [0.29, 0.717) is 40.9 Å². The van der Waals surface area contributed by atoms with Crippen molar-refractivity contribution in [3.05, 3.63) is 56.5 Å². The molecular formula is C17H13Cl2N2O6S4+. The Morgan fingerprint density at radius 3 is 2.35 bits per heavy atom. The Morgan fingerprint density at radius 2 is 1.68 bits per heavy atom. The molecule has 2 heterocycles. The van der Waals surface area contributed by atoms with Crippen LogP contribution in [0.4, 0.5) is 5.69 Å². The highest BCUT2D eigenvalue weighted by atomic mass is 35.5. The Hall–Kier alpha value is -1.38. The molecule has 0 saturated carbocycles. The van der Waals surface area contributed by atoms with Crippen molar-refractivity contribution in [1.29, 1.82) is 0 Å². The number of rotatable bonds is 5. The van der Waals surface area contributed by atoms with Crippen molar-refractivity contribution in [3.63, 3.8) is 0 Å². The summed E-state index contributed by atoms with van der Waals surface area (Å²) in [7, 11) is -8.77. The first-order chi connectivity index (χ1) is 14.4. The molecule has 0 radical (unpaired) electrons. The van der Waals surface area contributed by atoms with Gasteiger partial charge in [0.25, 0.3) is 21.0 Å². The van der Waals surface area contributed by atoms with E-state index in [0.717, 1.165) is 0 Å². The number of aromatic nitrogens is 1. The normalized spacial score (nSPS) is 15.7. The number of thiazole rings is 1. The van der Waals surface area contributed by atoms with Crippen LogP contribution in [0.3, 0.4) is 0 Å². The number of nitrogens with zero attached hydrogens (tertiary/aromatic N) is 2. The second-order valence-corrected chi connectivity index (χ2v) is 12.4. The fourth-order valence-electron chi connectivity index (χ4n) is 3.06. The summed E-state index contributed by atoms with van der Waals surface area (Å²) in [5.74, 6) is -1.43. The van der Waals surface area contributed by atoms with Crippen molar-refractivity contribution in [2.75, 3.05) is 10.8 Å². The van der Waals surface area contributed by atoms with Crippen LogP contribution in [0.5, 0.6) is 0 Å². The van der Waals surface area contributed by atoms with Gasteiger partial charge in [-0.25, -0.2) is 0 Å². The van der Waals surface area contributed by atoms with Gasteiger partial charge >= 0.3 is 10.1 Å². The third-order valence-electron chi connectivity index (χ3n) is 4.22. The highest BCUT2D eigenvalue weighted by Gasteiger charge is 2.31. The van der Waals surface area contributed by atoms with Crippen LogP contribution in [0.2, 0.25) is 10.0 Å². The number of benzene rings is 2. The first kappa shape index (κ1) is 22.8. The van der Waals surface area contributed by atoms with Crippen LogP contribution in [0.15, 0.2) is 46.3 Å². The van der Waals surface area contributed by atoms with Crippen molar-refractivity contribution in [2.45, 2.75) is 10.8 Å². The summed E-state index contributed by atoms with van der Waals surface area (Å²) in [6.07, 6.45) is 1.59. The molecule has 0 atom stereocenters. The van der Waals surface area contributed by atoms with Crippen LogP contribution in [0, 0.1) is 0 Å². The number of anilines is 1. The van der Waals surface area contributed by atoms with Crippen LogP contribution < -0.4 is 9.47 Å². The van der Waals surface area contributed by atoms with E-state index in [2.05, 4.69) is 0 Å². The average Bonchev–Trinajstić information content (AvgIpc) is 3.11. The summed E-state index contributed by atoms with van der Waals surface area (Å²) >= 11 is 14.6. The molecule has 0 bridgehead atoms. The van der Waals surface area contributed by atoms with Crippen LogP contribution in [0.25, 0.3) is 16.3 Å². The van der Waals surface area contributed by atoms with Gasteiger partial charge in [0.05, 0.1) is 16.8 Å². The van der Waals surface area contributed by atoms with Gasteiger partial charge in [-0.1, -0.05) is 46.3 Å². The Kier molecular flexibility index (Phi) is 6.03. The lowest BCUT2D eigenvalue weighted by molar-refractivity contribution is -0.649. The van der Waals surface area contributed by atoms with Gasteiger partial charge in [0.15, 0.2) is 5.88 Å². The van der Waals surface area contributed by atoms with Gasteiger partial charge in [-0.3, -0.25) is 9.11 Å². The maximum atomic E-state index is 11.6. The van der Waals surface area contributed by atoms with E-state index < -0.39 is 32.0 Å². The molecule has 0 aliphatic carbocycles. The fourth-order valence-corrected chi connectivity index (χ4v) is 7.00. The summed E-state index contributed by atoms with van der Waals surface area (Å²) in [6, 6.07) is 9.90. The molecule has 0 saturated heterocycles. The molecule has 14 heteroatoms. The number of thioether (sulfide) groups is 1. The first-order valence-corrected chi connectivity index (χ1v) is 14.0. The molecule has 164 valence electrons. The van der Waals surface area contributed by atoms with Gasteiger partial charge in [0.1, 0.15) is 4.70 Å². The van der Waals surface area contributed by atoms with Crippen molar-refractivity contribution in [1.82, 2.24) is 0 Å². The molecule has 1 aliphatic rings. The smallest absolute Gasteiger partial charge is 0.317 e. The van der Waals surface area contributed by atoms with E-state index >= 15 is 0 Å². The number of hydrogen-bond acceptors (Lipinski definition) is 7. The van der Waals surface area contributed by atoms with Gasteiger partial charge in [0, 0.05) is 21.0 Å². The second-order valence-electron chi connectivity index (χ2n) is 6.53. The standard InChI is InChI=1S/C17H12Cl2N2O6S4/c18-10-1-3-14-12(5-10)20(8-30(22,23)24)16(28-14)7-17-21(9-31(25,26)27)13-6-11(19)2-4-15(13)29-17/h1-7H,8-9H2,(H-,22,23,24,25,26,27)/p+1. The van der Waals surface area contributed by atoms with Crippen LogP contribution >= 0.6 is 46.3 Å². The van der Waals surface area contributed by atoms with Gasteiger partial charge in [-0.05, 0) is 30.3 Å². The van der Waals surface area contributed by atoms with Gasteiger partial charge < -0.3 is 4.90 Å². The highest BCUT2D eigenvalue weighted by molar-refractivity contribution is 8.04. The predicted octanol–water partition coefficient (Wildman–Crippen LogP) is 4.10. The van der Waals surface area contributed by atoms with E-state index in [1.54, 1.807) is 42.5 Å². The maximum absolute atomic E-state index is 11.6. The number of fused-ring (bicyclic) bond motifs is 2.